The van der Waals surface area contributed by atoms with Crippen LogP contribution in [0.25, 0.3) is 17.2 Å². The Balaban J connectivity index is 1.80. The Hall–Kier alpha value is -2.65. The zero-order valence-electron chi connectivity index (χ0n) is 11.8. The number of hydrogen-bond acceptors (Lipinski definition) is 3. The van der Waals surface area contributed by atoms with Crippen molar-refractivity contribution < 1.29 is 9.53 Å². The van der Waals surface area contributed by atoms with Crippen LogP contribution in [0, 0.1) is 0 Å². The van der Waals surface area contributed by atoms with E-state index in [1.807, 2.05) is 66.0 Å². The van der Waals surface area contributed by atoms with Crippen molar-refractivity contribution in [1.82, 2.24) is 0 Å². The van der Waals surface area contributed by atoms with Crippen LogP contribution in [0.4, 0.5) is 0 Å². The lowest BCUT2D eigenvalue weighted by Gasteiger charge is -2.08. The lowest BCUT2D eigenvalue weighted by Crippen LogP contribution is -2.04. The van der Waals surface area contributed by atoms with Crippen LogP contribution < -0.4 is 4.74 Å². The van der Waals surface area contributed by atoms with E-state index in [0.717, 1.165) is 16.0 Å². The predicted molar refractivity (Wildman–Crippen MR) is 90.9 cm³/mol. The summed E-state index contributed by atoms with van der Waals surface area (Å²) in [6.45, 7) is 0. The molecule has 3 rings (SSSR count). The second-order valence-corrected chi connectivity index (χ2v) is 5.61. The Labute approximate surface area is 133 Å². The van der Waals surface area contributed by atoms with Crippen molar-refractivity contribution in [2.75, 3.05) is 0 Å². The van der Waals surface area contributed by atoms with Gasteiger partial charge in [0.25, 0.3) is 0 Å². The van der Waals surface area contributed by atoms with Crippen molar-refractivity contribution in [3.05, 3.63) is 83.1 Å². The van der Waals surface area contributed by atoms with Crippen molar-refractivity contribution in [2.24, 2.45) is 0 Å². The van der Waals surface area contributed by atoms with Crippen LogP contribution >= 0.6 is 11.3 Å². The van der Waals surface area contributed by atoms with E-state index in [4.69, 9.17) is 4.74 Å². The molecule has 1 aromatic heterocycles. The maximum absolute atomic E-state index is 12.0. The molecule has 0 spiro atoms. The van der Waals surface area contributed by atoms with Crippen LogP contribution in [-0.4, -0.2) is 5.97 Å². The average Bonchev–Trinajstić information content (AvgIpc) is 3.08. The molecule has 0 saturated heterocycles. The maximum atomic E-state index is 12.0. The minimum Gasteiger partial charge on any atom is -0.423 e. The Morgan fingerprint density at radius 2 is 1.68 bits per heavy atom. The lowest BCUT2D eigenvalue weighted by atomic mass is 10.1. The first-order chi connectivity index (χ1) is 10.8. The summed E-state index contributed by atoms with van der Waals surface area (Å²) in [7, 11) is 0. The van der Waals surface area contributed by atoms with E-state index >= 15 is 0 Å². The highest BCUT2D eigenvalue weighted by Gasteiger charge is 2.08. The molecular weight excluding hydrogens is 292 g/mol. The molecule has 0 bridgehead atoms. The number of para-hydroxylation sites is 1. The number of rotatable bonds is 4. The van der Waals surface area contributed by atoms with Gasteiger partial charge in [0.1, 0.15) is 5.75 Å². The molecular formula is C19H14O2S. The van der Waals surface area contributed by atoms with E-state index in [2.05, 4.69) is 0 Å². The van der Waals surface area contributed by atoms with E-state index in [-0.39, 0.29) is 5.97 Å². The second-order valence-electron chi connectivity index (χ2n) is 4.63. The maximum Gasteiger partial charge on any atom is 0.336 e. The van der Waals surface area contributed by atoms with Crippen molar-refractivity contribution in [2.45, 2.75) is 0 Å². The summed E-state index contributed by atoms with van der Waals surface area (Å²) in [5.74, 6) is 0.186. The van der Waals surface area contributed by atoms with Gasteiger partial charge in [-0.1, -0.05) is 54.6 Å². The average molecular weight is 306 g/mol. The number of ether oxygens (including phenoxy) is 1. The molecule has 1 heterocycles. The third-order valence-corrected chi connectivity index (χ3v) is 3.95. The van der Waals surface area contributed by atoms with Crippen molar-refractivity contribution in [3.63, 3.8) is 0 Å². The van der Waals surface area contributed by atoms with Gasteiger partial charge >= 0.3 is 5.97 Å². The normalized spacial score (nSPS) is 10.7. The molecule has 22 heavy (non-hydrogen) atoms. The molecule has 0 amide bonds. The first-order valence-electron chi connectivity index (χ1n) is 6.91. The summed E-state index contributed by atoms with van der Waals surface area (Å²) < 4.78 is 5.48. The van der Waals surface area contributed by atoms with Gasteiger partial charge in [-0.3, -0.25) is 0 Å². The van der Waals surface area contributed by atoms with Crippen LogP contribution in [-0.2, 0) is 4.79 Å². The molecule has 108 valence electrons. The van der Waals surface area contributed by atoms with Crippen LogP contribution in [0.5, 0.6) is 5.75 Å². The largest absolute Gasteiger partial charge is 0.423 e. The van der Waals surface area contributed by atoms with Gasteiger partial charge in [-0.2, -0.15) is 0 Å². The summed E-state index contributed by atoms with van der Waals surface area (Å²) in [4.78, 5) is 13.0. The SMILES string of the molecule is O=C(/C=C/c1cccs1)Oc1ccccc1-c1ccccc1. The summed E-state index contributed by atoms with van der Waals surface area (Å²) in [6, 6.07) is 21.3. The van der Waals surface area contributed by atoms with Crippen molar-refractivity contribution in [1.29, 1.82) is 0 Å². The quantitative estimate of drug-likeness (QED) is 0.384. The van der Waals surface area contributed by atoms with E-state index < -0.39 is 0 Å². The molecule has 2 nitrogen and oxygen atoms in total. The molecule has 3 heteroatoms. The summed E-state index contributed by atoms with van der Waals surface area (Å²) >= 11 is 1.58. The number of carbonyl (C=O) groups is 1. The van der Waals surface area contributed by atoms with Gasteiger partial charge < -0.3 is 4.74 Å². The summed E-state index contributed by atoms with van der Waals surface area (Å²) in [5.41, 5.74) is 1.93. The Morgan fingerprint density at radius 3 is 2.45 bits per heavy atom. The first-order valence-corrected chi connectivity index (χ1v) is 7.79. The molecule has 0 unspecified atom stereocenters. The first kappa shape index (κ1) is 14.3. The number of thiophene rings is 1. The Kier molecular flexibility index (Phi) is 4.47. The smallest absolute Gasteiger partial charge is 0.336 e. The van der Waals surface area contributed by atoms with Gasteiger partial charge in [-0.15, -0.1) is 11.3 Å². The van der Waals surface area contributed by atoms with E-state index in [0.29, 0.717) is 5.75 Å². The highest BCUT2D eigenvalue weighted by atomic mass is 32.1. The van der Waals surface area contributed by atoms with Gasteiger partial charge in [0.15, 0.2) is 0 Å². The monoisotopic (exact) mass is 306 g/mol. The van der Waals surface area contributed by atoms with Crippen LogP contribution in [0.15, 0.2) is 78.2 Å². The van der Waals surface area contributed by atoms with Gasteiger partial charge in [0, 0.05) is 16.5 Å². The fourth-order valence-electron chi connectivity index (χ4n) is 2.09. The molecule has 2 aromatic carbocycles. The van der Waals surface area contributed by atoms with Gasteiger partial charge in [-0.05, 0) is 29.2 Å². The zero-order chi connectivity index (χ0) is 15.2. The number of carbonyl (C=O) groups excluding carboxylic acids is 1. The van der Waals surface area contributed by atoms with Gasteiger partial charge in [-0.25, -0.2) is 4.79 Å². The molecule has 3 aromatic rings. The summed E-state index contributed by atoms with van der Waals surface area (Å²) in [5, 5.41) is 1.97. The number of hydrogen-bond donors (Lipinski definition) is 0. The van der Waals surface area contributed by atoms with Gasteiger partial charge in [0.2, 0.25) is 0 Å². The van der Waals surface area contributed by atoms with E-state index in [9.17, 15) is 4.79 Å². The van der Waals surface area contributed by atoms with E-state index in [1.54, 1.807) is 23.5 Å². The lowest BCUT2D eigenvalue weighted by molar-refractivity contribution is -0.128. The van der Waals surface area contributed by atoms with Crippen LogP contribution in [0.3, 0.4) is 0 Å². The zero-order valence-corrected chi connectivity index (χ0v) is 12.6. The van der Waals surface area contributed by atoms with Crippen LogP contribution in [0.2, 0.25) is 0 Å². The van der Waals surface area contributed by atoms with Crippen LogP contribution in [0.1, 0.15) is 4.88 Å². The second kappa shape index (κ2) is 6.87. The fraction of sp³-hybridized carbons (Fsp3) is 0. The molecule has 0 radical (unpaired) electrons. The van der Waals surface area contributed by atoms with Gasteiger partial charge in [0.05, 0.1) is 0 Å². The molecule has 0 atom stereocenters. The number of benzene rings is 2. The Bertz CT molecular complexity index is 774. The highest BCUT2D eigenvalue weighted by molar-refractivity contribution is 7.10. The molecule has 0 aliphatic heterocycles. The topological polar surface area (TPSA) is 26.3 Å². The molecule has 0 aliphatic carbocycles. The highest BCUT2D eigenvalue weighted by Crippen LogP contribution is 2.29. The molecule has 0 fully saturated rings. The molecule has 0 saturated carbocycles. The van der Waals surface area contributed by atoms with E-state index in [1.165, 1.54) is 6.08 Å². The van der Waals surface area contributed by atoms with Crippen molar-refractivity contribution in [3.8, 4) is 16.9 Å². The minimum absolute atomic E-state index is 0.378. The third kappa shape index (κ3) is 3.51. The summed E-state index contributed by atoms with van der Waals surface area (Å²) in [6.07, 6.45) is 3.21. The third-order valence-electron chi connectivity index (χ3n) is 3.11. The standard InChI is InChI=1S/C19H14O2S/c20-19(13-12-16-9-6-14-22-16)21-18-11-5-4-10-17(18)15-7-2-1-3-8-15/h1-14H/b13-12+. The minimum atomic E-state index is -0.378. The molecule has 0 N–H and O–H groups in total. The number of esters is 1. The van der Waals surface area contributed by atoms with Crippen molar-refractivity contribution >= 4 is 23.4 Å². The molecule has 0 aliphatic rings. The fourth-order valence-corrected chi connectivity index (χ4v) is 2.71. The predicted octanol–water partition coefficient (Wildman–Crippen LogP) is 5.03. The Morgan fingerprint density at radius 1 is 0.909 bits per heavy atom.